The third-order valence-electron chi connectivity index (χ3n) is 4.77. The molecule has 1 aromatic rings. The van der Waals surface area contributed by atoms with Crippen molar-refractivity contribution in [2.45, 2.75) is 12.5 Å². The molecule has 2 heterocycles. The minimum Gasteiger partial charge on any atom is -0.385 e. The summed E-state index contributed by atoms with van der Waals surface area (Å²) in [5, 5.41) is 3.31. The van der Waals surface area contributed by atoms with Crippen LogP contribution in [0.4, 0.5) is 10.1 Å². The first-order valence-corrected chi connectivity index (χ1v) is 8.83. The molecule has 6 nitrogen and oxygen atoms in total. The summed E-state index contributed by atoms with van der Waals surface area (Å²) in [5.74, 6) is -0.493. The molecule has 138 valence electrons. The minimum atomic E-state index is -0.379. The van der Waals surface area contributed by atoms with Gasteiger partial charge in [0.1, 0.15) is 5.82 Å². The fourth-order valence-corrected chi connectivity index (χ4v) is 3.41. The van der Waals surface area contributed by atoms with Crippen LogP contribution in [0.15, 0.2) is 18.2 Å². The van der Waals surface area contributed by atoms with Crippen molar-refractivity contribution >= 4 is 11.6 Å². The molecule has 1 amide bonds. The first-order chi connectivity index (χ1) is 12.2. The molecule has 1 aromatic carbocycles. The van der Waals surface area contributed by atoms with Crippen LogP contribution in [0.5, 0.6) is 0 Å². The number of ether oxygens (including phenoxy) is 2. The van der Waals surface area contributed by atoms with Crippen molar-refractivity contribution in [3.05, 3.63) is 29.6 Å². The van der Waals surface area contributed by atoms with Crippen LogP contribution in [0.2, 0.25) is 0 Å². The summed E-state index contributed by atoms with van der Waals surface area (Å²) >= 11 is 0. The molecule has 2 saturated heterocycles. The van der Waals surface area contributed by atoms with E-state index in [1.54, 1.807) is 13.2 Å². The minimum absolute atomic E-state index is 0.0660. The van der Waals surface area contributed by atoms with Crippen molar-refractivity contribution in [1.82, 2.24) is 10.2 Å². The van der Waals surface area contributed by atoms with Crippen LogP contribution in [0, 0.1) is 5.82 Å². The first-order valence-electron chi connectivity index (χ1n) is 8.83. The van der Waals surface area contributed by atoms with Gasteiger partial charge in [0.2, 0.25) is 0 Å². The Labute approximate surface area is 147 Å². The number of hydrogen-bond acceptors (Lipinski definition) is 5. The standard InChI is InChI=1S/C18H26FN3O3/c1-24-7-2-16-13-20-3-4-22(16)18(23)14-10-15(19)12-17(11-14)21-5-8-25-9-6-21/h10-12,16,20H,2-9,13H2,1H3. The number of carbonyl (C=O) groups is 1. The molecule has 0 aliphatic carbocycles. The highest BCUT2D eigenvalue weighted by Crippen LogP contribution is 2.22. The fourth-order valence-electron chi connectivity index (χ4n) is 3.41. The monoisotopic (exact) mass is 351 g/mol. The van der Waals surface area contributed by atoms with Crippen molar-refractivity contribution in [3.8, 4) is 0 Å². The summed E-state index contributed by atoms with van der Waals surface area (Å²) in [6.07, 6.45) is 0.765. The van der Waals surface area contributed by atoms with Crippen molar-refractivity contribution in [3.63, 3.8) is 0 Å². The number of piperazine rings is 1. The normalized spacial score (nSPS) is 21.4. The Morgan fingerprint density at radius 1 is 1.32 bits per heavy atom. The Morgan fingerprint density at radius 3 is 2.88 bits per heavy atom. The first kappa shape index (κ1) is 18.1. The van der Waals surface area contributed by atoms with Gasteiger partial charge in [-0.05, 0) is 24.6 Å². The Hall–Kier alpha value is -1.70. The molecule has 7 heteroatoms. The van der Waals surface area contributed by atoms with E-state index in [1.165, 1.54) is 12.1 Å². The average Bonchev–Trinajstić information content (AvgIpc) is 2.66. The quantitative estimate of drug-likeness (QED) is 0.861. The molecule has 0 radical (unpaired) electrons. The van der Waals surface area contributed by atoms with Crippen molar-refractivity contribution in [1.29, 1.82) is 0 Å². The van der Waals surface area contributed by atoms with Crippen LogP contribution < -0.4 is 10.2 Å². The van der Waals surface area contributed by atoms with Gasteiger partial charge >= 0.3 is 0 Å². The number of benzene rings is 1. The Morgan fingerprint density at radius 2 is 2.12 bits per heavy atom. The summed E-state index contributed by atoms with van der Waals surface area (Å²) in [4.78, 5) is 16.9. The van der Waals surface area contributed by atoms with Crippen molar-refractivity contribution in [2.75, 3.05) is 64.6 Å². The number of hydrogen-bond donors (Lipinski definition) is 1. The van der Waals surface area contributed by atoms with E-state index < -0.39 is 0 Å². The summed E-state index contributed by atoms with van der Waals surface area (Å²) in [6.45, 7) is 5.37. The van der Waals surface area contributed by atoms with Crippen LogP contribution in [-0.4, -0.2) is 76.5 Å². The largest absolute Gasteiger partial charge is 0.385 e. The molecular weight excluding hydrogens is 325 g/mol. The molecule has 1 unspecified atom stereocenters. The number of methoxy groups -OCH3 is 1. The number of halogens is 1. The van der Waals surface area contributed by atoms with E-state index in [4.69, 9.17) is 9.47 Å². The van der Waals surface area contributed by atoms with E-state index in [9.17, 15) is 9.18 Å². The summed E-state index contributed by atoms with van der Waals surface area (Å²) < 4.78 is 24.6. The lowest BCUT2D eigenvalue weighted by molar-refractivity contribution is 0.0580. The number of carbonyl (C=O) groups excluding carboxylic acids is 1. The highest BCUT2D eigenvalue weighted by atomic mass is 19.1. The molecule has 3 rings (SSSR count). The second kappa shape index (κ2) is 8.60. The maximum absolute atomic E-state index is 14.1. The molecule has 0 spiro atoms. The number of rotatable bonds is 5. The third kappa shape index (κ3) is 4.48. The summed E-state index contributed by atoms with van der Waals surface area (Å²) in [5.41, 5.74) is 1.15. The van der Waals surface area contributed by atoms with Crippen LogP contribution >= 0.6 is 0 Å². The number of morpholine rings is 1. The Bertz CT molecular complexity index is 593. The van der Waals surface area contributed by atoms with Crippen LogP contribution in [0.1, 0.15) is 16.8 Å². The van der Waals surface area contributed by atoms with E-state index >= 15 is 0 Å². The zero-order chi connectivity index (χ0) is 17.6. The molecule has 1 atom stereocenters. The molecule has 2 fully saturated rings. The Balaban J connectivity index is 1.79. The Kier molecular flexibility index (Phi) is 6.23. The SMILES string of the molecule is COCCC1CNCCN1C(=O)c1cc(F)cc(N2CCOCC2)c1. The highest BCUT2D eigenvalue weighted by molar-refractivity contribution is 5.95. The van der Waals surface area contributed by atoms with Gasteiger partial charge in [-0.2, -0.15) is 0 Å². The number of anilines is 1. The molecule has 0 saturated carbocycles. The van der Waals surface area contributed by atoms with Gasteiger partial charge < -0.3 is 24.6 Å². The molecule has 1 N–H and O–H groups in total. The van der Waals surface area contributed by atoms with Crippen LogP contribution in [-0.2, 0) is 9.47 Å². The van der Waals surface area contributed by atoms with Gasteiger partial charge in [0.15, 0.2) is 0 Å². The lowest BCUT2D eigenvalue weighted by Gasteiger charge is -2.36. The van der Waals surface area contributed by atoms with Gasteiger partial charge in [-0.15, -0.1) is 0 Å². The zero-order valence-electron chi connectivity index (χ0n) is 14.7. The van der Waals surface area contributed by atoms with Gasteiger partial charge in [-0.1, -0.05) is 0 Å². The molecule has 2 aliphatic heterocycles. The third-order valence-corrected chi connectivity index (χ3v) is 4.77. The number of nitrogens with zero attached hydrogens (tertiary/aromatic N) is 2. The second-order valence-corrected chi connectivity index (χ2v) is 6.44. The van der Waals surface area contributed by atoms with E-state index in [-0.39, 0.29) is 17.8 Å². The van der Waals surface area contributed by atoms with Gasteiger partial charge in [0.25, 0.3) is 5.91 Å². The molecular formula is C18H26FN3O3. The van der Waals surface area contributed by atoms with Gasteiger partial charge in [-0.3, -0.25) is 4.79 Å². The lowest BCUT2D eigenvalue weighted by Crippen LogP contribution is -2.54. The molecule has 2 aliphatic rings. The predicted octanol–water partition coefficient (Wildman–Crippen LogP) is 1.11. The topological polar surface area (TPSA) is 54.0 Å². The van der Waals surface area contributed by atoms with Crippen molar-refractivity contribution < 1.29 is 18.7 Å². The van der Waals surface area contributed by atoms with E-state index in [2.05, 4.69) is 10.2 Å². The maximum atomic E-state index is 14.1. The number of amides is 1. The summed E-state index contributed by atoms with van der Waals surface area (Å²) in [7, 11) is 1.66. The van der Waals surface area contributed by atoms with Crippen LogP contribution in [0.25, 0.3) is 0 Å². The molecule has 25 heavy (non-hydrogen) atoms. The highest BCUT2D eigenvalue weighted by Gasteiger charge is 2.28. The van der Waals surface area contributed by atoms with Crippen LogP contribution in [0.3, 0.4) is 0 Å². The molecule has 0 aromatic heterocycles. The average molecular weight is 351 g/mol. The fraction of sp³-hybridized carbons (Fsp3) is 0.611. The molecule has 0 bridgehead atoms. The lowest BCUT2D eigenvalue weighted by atomic mass is 10.1. The van der Waals surface area contributed by atoms with E-state index in [0.29, 0.717) is 45.0 Å². The smallest absolute Gasteiger partial charge is 0.254 e. The number of nitrogens with one attached hydrogen (secondary N) is 1. The van der Waals surface area contributed by atoms with Gasteiger partial charge in [0.05, 0.1) is 13.2 Å². The predicted molar refractivity (Wildman–Crippen MR) is 93.6 cm³/mol. The zero-order valence-corrected chi connectivity index (χ0v) is 14.7. The second-order valence-electron chi connectivity index (χ2n) is 6.44. The van der Waals surface area contributed by atoms with Crippen molar-refractivity contribution in [2.24, 2.45) is 0 Å². The van der Waals surface area contributed by atoms with Gasteiger partial charge in [0, 0.05) is 63.7 Å². The van der Waals surface area contributed by atoms with E-state index in [1.807, 2.05) is 4.90 Å². The van der Waals surface area contributed by atoms with E-state index in [0.717, 1.165) is 25.2 Å². The van der Waals surface area contributed by atoms with Gasteiger partial charge in [-0.25, -0.2) is 4.39 Å². The summed E-state index contributed by atoms with van der Waals surface area (Å²) in [6, 6.07) is 4.69. The maximum Gasteiger partial charge on any atom is 0.254 e.